The lowest BCUT2D eigenvalue weighted by molar-refractivity contribution is -0.390. The minimum atomic E-state index is -5.67. The SMILES string of the molecule is CC(=O)N[C@H]1[C@H](O[C@H]2[C@@H](O)[C@@H](CO)O[C@@H](O[C@H]3[C@H](O)[C@@H](NC(C)=O)[C@H](O[C@H]4[C@@H](O)[C@@H](CO)O[C@@H](O[C@H]5[C@H](O)[C@@H](NC(C)=O)[C@H](O[C@H]6[C@@H](O)[C@@H](CO)O[C@@H](O[C@H]7[C@H](O)[C@@H](NC(C)=O)[C@H](O[C@H]8[C@@H](O)[C@@H](CO)O[C@@H](O[C@H]9[C@@H](O)[C@@H](CO)OC(O)[C@@H]9NC(C)=O)[C@@H]8O)O[C@@H]7CO)[C@@H]6O)O[C@@H]5COS(=O)(=O)O)[C@@H]4O)O[C@@H]3COS(=O)(=O)O)[C@@H]2O)O[C@H](COS(=O)(=O)O)[C@@H](O[C@@H]2O[C@H](CO)[C@H](O)[C@H](O)[C@H]2O)[C@@H]1O. The van der Waals surface area contributed by atoms with Crippen molar-refractivity contribution in [3.8, 4) is 0 Å². The molecule has 10 aliphatic rings. The van der Waals surface area contributed by atoms with Crippen LogP contribution < -0.4 is 26.6 Å². The molecule has 0 aromatic heterocycles. The Kier molecular flexibility index (Phi) is 41.0. The van der Waals surface area contributed by atoms with Crippen LogP contribution in [0.25, 0.3) is 0 Å². The highest BCUT2D eigenvalue weighted by molar-refractivity contribution is 7.81. The Balaban J connectivity index is 0.883. The van der Waals surface area contributed by atoms with Gasteiger partial charge in [0.05, 0.1) is 66.1 Å². The van der Waals surface area contributed by atoms with Crippen molar-refractivity contribution in [2.45, 2.75) is 341 Å². The molecule has 32 N–H and O–H groups in total. The number of carbonyl (C=O) groups excluding carboxylic acids is 5. The molecule has 10 rings (SSSR count). The van der Waals surface area contributed by atoms with Gasteiger partial charge < -0.3 is 239 Å². The van der Waals surface area contributed by atoms with Crippen LogP contribution in [0.4, 0.5) is 0 Å². The summed E-state index contributed by atoms with van der Waals surface area (Å²) in [6.07, 6.45) is -102. The molecule has 0 aromatic rings. The predicted octanol–water partition coefficient (Wildman–Crippen LogP) is -22.6. The highest BCUT2D eigenvalue weighted by Crippen LogP contribution is 2.42. The number of ether oxygens (including phenoxy) is 19. The van der Waals surface area contributed by atoms with Gasteiger partial charge in [0, 0.05) is 34.6 Å². The fourth-order valence-electron chi connectivity index (χ4n) is 16.9. The number of aliphatic hydroxyl groups is 24. The van der Waals surface area contributed by atoms with E-state index in [9.17, 15) is 185 Å². The fourth-order valence-corrected chi connectivity index (χ4v) is 17.8. The molecule has 0 aliphatic carbocycles. The molecular formula is C70H117N5O60S3. The Morgan fingerprint density at radius 1 is 0.217 bits per heavy atom. The Labute approximate surface area is 779 Å². The van der Waals surface area contributed by atoms with E-state index in [4.69, 9.17) is 90.0 Å². The lowest BCUT2D eigenvalue weighted by atomic mass is 9.93. The summed E-state index contributed by atoms with van der Waals surface area (Å²) in [6.45, 7) is -8.50. The van der Waals surface area contributed by atoms with Crippen LogP contribution in [0.1, 0.15) is 34.6 Å². The lowest BCUT2D eigenvalue weighted by Gasteiger charge is -2.51. The minimum Gasteiger partial charge on any atom is -0.394 e. The number of aliphatic hydroxyl groups excluding tert-OH is 24. The van der Waals surface area contributed by atoms with Crippen LogP contribution in [0.5, 0.6) is 0 Å². The maximum Gasteiger partial charge on any atom is 0.397 e. The summed E-state index contributed by atoms with van der Waals surface area (Å²) in [6, 6.07) is -10.3. The van der Waals surface area contributed by atoms with Crippen LogP contribution in [0.2, 0.25) is 0 Å². The van der Waals surface area contributed by atoms with Gasteiger partial charge in [-0.15, -0.1) is 0 Å². The number of nitrogens with one attached hydrogen (secondary N) is 5. The fraction of sp³-hybridized carbons (Fsp3) is 0.929. The first-order valence-corrected chi connectivity index (χ1v) is 46.2. The van der Waals surface area contributed by atoms with E-state index in [1.165, 1.54) is 0 Å². The zero-order valence-corrected chi connectivity index (χ0v) is 75.2. The molecule has 10 fully saturated rings. The Hall–Kier alpha value is -4.76. The van der Waals surface area contributed by atoms with Crippen molar-refractivity contribution in [1.82, 2.24) is 26.6 Å². The van der Waals surface area contributed by atoms with Crippen LogP contribution in [-0.2, 0) is 158 Å². The second-order valence-electron chi connectivity index (χ2n) is 33.3. The van der Waals surface area contributed by atoms with Crippen molar-refractivity contribution in [2.75, 3.05) is 66.1 Å². The van der Waals surface area contributed by atoms with Gasteiger partial charge >= 0.3 is 31.2 Å². The molecule has 0 saturated carbocycles. The van der Waals surface area contributed by atoms with Gasteiger partial charge in [0.25, 0.3) is 0 Å². The highest BCUT2D eigenvalue weighted by atomic mass is 32.3. The van der Waals surface area contributed by atoms with Crippen molar-refractivity contribution in [3.05, 3.63) is 0 Å². The summed E-state index contributed by atoms with van der Waals surface area (Å²) in [5, 5.41) is 282. The molecule has 50 atom stereocenters. The predicted molar refractivity (Wildman–Crippen MR) is 419 cm³/mol. The highest BCUT2D eigenvalue weighted by Gasteiger charge is 2.63. The molecule has 0 bridgehead atoms. The van der Waals surface area contributed by atoms with E-state index in [-0.39, 0.29) is 0 Å². The second kappa shape index (κ2) is 49.2. The summed E-state index contributed by atoms with van der Waals surface area (Å²) >= 11 is 0. The zero-order chi connectivity index (χ0) is 102. The van der Waals surface area contributed by atoms with Crippen LogP contribution in [0, 0.1) is 0 Å². The molecule has 0 aromatic carbocycles. The van der Waals surface area contributed by atoms with Gasteiger partial charge in [-0.05, 0) is 0 Å². The summed E-state index contributed by atoms with van der Waals surface area (Å²) < 4.78 is 227. The van der Waals surface area contributed by atoms with Gasteiger partial charge in [0.2, 0.25) is 29.5 Å². The van der Waals surface area contributed by atoms with Crippen LogP contribution in [0.15, 0.2) is 0 Å². The van der Waals surface area contributed by atoms with Gasteiger partial charge in [-0.25, -0.2) is 12.5 Å². The zero-order valence-electron chi connectivity index (χ0n) is 72.7. The summed E-state index contributed by atoms with van der Waals surface area (Å²) in [4.78, 5) is 64.4. The number of hydrogen-bond donors (Lipinski definition) is 32. The molecule has 800 valence electrons. The summed E-state index contributed by atoms with van der Waals surface area (Å²) in [5.41, 5.74) is 0. The van der Waals surface area contributed by atoms with E-state index in [1.807, 2.05) is 0 Å². The monoisotopic (exact) mass is 2080 g/mol. The van der Waals surface area contributed by atoms with Gasteiger partial charge in [-0.2, -0.15) is 25.3 Å². The third kappa shape index (κ3) is 27.7. The van der Waals surface area contributed by atoms with Crippen molar-refractivity contribution in [2.24, 2.45) is 0 Å². The Morgan fingerprint density at radius 3 is 0.645 bits per heavy atom. The van der Waals surface area contributed by atoms with Crippen molar-refractivity contribution in [3.63, 3.8) is 0 Å². The van der Waals surface area contributed by atoms with Gasteiger partial charge in [0.15, 0.2) is 62.9 Å². The average molecular weight is 2080 g/mol. The van der Waals surface area contributed by atoms with Crippen LogP contribution >= 0.6 is 0 Å². The number of carbonyl (C=O) groups is 5. The Bertz CT molecular complexity index is 4290. The minimum absolute atomic E-state index is 0.785. The summed E-state index contributed by atoms with van der Waals surface area (Å²) in [5.74, 6) is -5.17. The standard InChI is InChI=1S/C70H117N5O60S3/c1-16(83)71-31-42(94)52(27(12-82)123-62(31)132-60-41(93)26(11-81)122-70(51(60)103)131-56-35(75-20(5)87)61(104)117-22(7-77)37(56)89)127-67-48(100)57(38(90)23(8-78)119-67)133-64-33(73-18(3)85)44(96)54(29(125-64)14-115-137(108,109)110)129-69-50(102)59(40(92)25(10-80)121-69)135-65-34(74-19(4)86)45(97)55(30(126-65)15-116-138(111,112)113)130-68-49(101)58(39(91)24(9-79)120-68)134-63-32(72-17(2)84)43(95)53(28(124-63)13-114-136(105,106)107)128-66-47(99)46(98)36(88)21(6-76)118-66/h21-70,76-82,88-104H,6-15H2,1-5H3,(H,71,83)(H,72,84)(H,73,85)(H,74,86)(H,75,87)(H,105,106,107)(H,108,109,110)(H,111,112,113)/t21-,22-,23-,24-,25-,26-,27-,28-,29-,30-,31-,32-,33-,34-,35-,36+,37+,38+,39+,40+,41+,42-,43-,44-,45-,46+,47-,48-,49-,50-,51-,52-,53-,54-,55-,56-,57+,58+,59+,60+,61?,62+,63+,64+,65+,66+,67+,68+,69+,70+/m1/s1. The molecule has 68 heteroatoms. The third-order valence-electron chi connectivity index (χ3n) is 23.5. The van der Waals surface area contributed by atoms with E-state index in [2.05, 4.69) is 39.1 Å². The summed E-state index contributed by atoms with van der Waals surface area (Å²) in [7, 11) is -16.8. The largest absolute Gasteiger partial charge is 0.397 e. The van der Waals surface area contributed by atoms with Gasteiger partial charge in [0.1, 0.15) is 244 Å². The smallest absolute Gasteiger partial charge is 0.394 e. The molecule has 0 spiro atoms. The van der Waals surface area contributed by atoms with E-state index in [0.29, 0.717) is 0 Å². The van der Waals surface area contributed by atoms with E-state index >= 15 is 0 Å². The van der Waals surface area contributed by atoms with Crippen LogP contribution in [-0.4, -0.2) is 564 Å². The van der Waals surface area contributed by atoms with Crippen LogP contribution in [0.3, 0.4) is 0 Å². The first-order valence-electron chi connectivity index (χ1n) is 42.1. The number of rotatable bonds is 39. The molecule has 65 nitrogen and oxygen atoms in total. The normalized spacial score (nSPS) is 45.6. The van der Waals surface area contributed by atoms with E-state index in [1.54, 1.807) is 0 Å². The molecule has 10 aliphatic heterocycles. The maximum atomic E-state index is 13.2. The molecule has 5 amide bonds. The van der Waals surface area contributed by atoms with Crippen molar-refractivity contribution in [1.29, 1.82) is 0 Å². The first kappa shape index (κ1) is 115. The molecule has 138 heavy (non-hydrogen) atoms. The number of amides is 5. The van der Waals surface area contributed by atoms with Crippen molar-refractivity contribution >= 4 is 60.7 Å². The van der Waals surface area contributed by atoms with Gasteiger partial charge in [-0.1, -0.05) is 0 Å². The Morgan fingerprint density at radius 2 is 0.406 bits per heavy atom. The quantitative estimate of drug-likeness (QED) is 0.0254. The lowest BCUT2D eigenvalue weighted by Crippen LogP contribution is -2.71. The molecular weight excluding hydrogens is 1970 g/mol. The first-order chi connectivity index (χ1) is 64.6. The third-order valence-corrected chi connectivity index (χ3v) is 24.8. The number of hydrogen-bond acceptors (Lipinski definition) is 57. The van der Waals surface area contributed by atoms with E-state index in [0.717, 1.165) is 34.6 Å². The molecule has 10 saturated heterocycles. The second-order valence-corrected chi connectivity index (χ2v) is 36.5. The average Bonchev–Trinajstić information content (AvgIpc) is 0.768. The molecule has 0 radical (unpaired) electrons. The maximum absolute atomic E-state index is 13.2. The topological polar surface area (TPSA) is 997 Å². The molecule has 10 heterocycles. The van der Waals surface area contributed by atoms with Gasteiger partial charge in [-0.3, -0.25) is 37.6 Å². The van der Waals surface area contributed by atoms with Crippen molar-refractivity contribution < 1.29 is 288 Å². The molecule has 1 unspecified atom stereocenters. The van der Waals surface area contributed by atoms with E-state index < -0.39 is 434 Å².